The summed E-state index contributed by atoms with van der Waals surface area (Å²) in [5, 5.41) is 4.03. The van der Waals surface area contributed by atoms with Gasteiger partial charge >= 0.3 is 0 Å². The Labute approximate surface area is 115 Å². The highest BCUT2D eigenvalue weighted by molar-refractivity contribution is 5.82. The van der Waals surface area contributed by atoms with Crippen LogP contribution in [0.1, 0.15) is 31.3 Å². The predicted octanol–water partition coefficient (Wildman–Crippen LogP) is 2.49. The molecule has 0 bridgehead atoms. The van der Waals surface area contributed by atoms with Crippen molar-refractivity contribution >= 4 is 5.78 Å². The Hall–Kier alpha value is -2.11. The Morgan fingerprint density at radius 1 is 1.30 bits per heavy atom. The van der Waals surface area contributed by atoms with E-state index in [2.05, 4.69) is 10.1 Å². The van der Waals surface area contributed by atoms with Gasteiger partial charge in [0.15, 0.2) is 0 Å². The summed E-state index contributed by atoms with van der Waals surface area (Å²) in [6.45, 7) is 3.87. The lowest BCUT2D eigenvalue weighted by molar-refractivity contribution is -0.118. The van der Waals surface area contributed by atoms with Crippen molar-refractivity contribution in [1.82, 2.24) is 14.8 Å². The molecule has 0 aliphatic heterocycles. The van der Waals surface area contributed by atoms with Crippen molar-refractivity contribution in [1.29, 1.82) is 0 Å². The van der Waals surface area contributed by atoms with Crippen LogP contribution in [-0.2, 0) is 17.6 Å². The molecule has 1 aromatic carbocycles. The maximum absolute atomic E-state index is 13.5. The second kappa shape index (κ2) is 5.90. The second-order valence-electron chi connectivity index (χ2n) is 4.84. The zero-order valence-electron chi connectivity index (χ0n) is 11.3. The number of carbonyl (C=O) groups is 1. The van der Waals surface area contributed by atoms with E-state index in [1.54, 1.807) is 4.68 Å². The van der Waals surface area contributed by atoms with Crippen molar-refractivity contribution in [2.24, 2.45) is 0 Å². The lowest BCUT2D eigenvalue weighted by atomic mass is 10.1. The Bertz CT molecular complexity index is 623. The monoisotopic (exact) mass is 279 g/mol. The van der Waals surface area contributed by atoms with Crippen LogP contribution in [0.3, 0.4) is 0 Å². The first-order chi connectivity index (χ1) is 9.47. The van der Waals surface area contributed by atoms with E-state index >= 15 is 0 Å². The minimum Gasteiger partial charge on any atom is -0.299 e. The molecule has 0 radical (unpaired) electrons. The molecule has 1 heterocycles. The molecule has 0 saturated carbocycles. The lowest BCUT2D eigenvalue weighted by Gasteiger charge is -2.09. The topological polar surface area (TPSA) is 47.8 Å². The summed E-state index contributed by atoms with van der Waals surface area (Å²) in [5.74, 6) is -1.00. The lowest BCUT2D eigenvalue weighted by Crippen LogP contribution is -2.15. The third-order valence-corrected chi connectivity index (χ3v) is 2.89. The number of nitrogens with zero attached hydrogens (tertiary/aromatic N) is 3. The molecule has 6 heteroatoms. The summed E-state index contributed by atoms with van der Waals surface area (Å²) < 4.78 is 27.9. The van der Waals surface area contributed by atoms with Crippen LogP contribution in [0.25, 0.3) is 0 Å². The molecular weight excluding hydrogens is 264 g/mol. The number of carbonyl (C=O) groups excluding carboxylic acids is 1. The highest BCUT2D eigenvalue weighted by atomic mass is 19.1. The fourth-order valence-corrected chi connectivity index (χ4v) is 1.95. The molecule has 0 aliphatic carbocycles. The van der Waals surface area contributed by atoms with Gasteiger partial charge in [0.25, 0.3) is 0 Å². The number of halogens is 2. The molecule has 0 unspecified atom stereocenters. The van der Waals surface area contributed by atoms with Gasteiger partial charge in [-0.3, -0.25) is 4.79 Å². The maximum Gasteiger partial charge on any atom is 0.144 e. The average molecular weight is 279 g/mol. The molecule has 4 nitrogen and oxygen atoms in total. The summed E-state index contributed by atoms with van der Waals surface area (Å²) in [5.41, 5.74) is 0.187. The fourth-order valence-electron chi connectivity index (χ4n) is 1.95. The van der Waals surface area contributed by atoms with Gasteiger partial charge in [0.1, 0.15) is 29.6 Å². The summed E-state index contributed by atoms with van der Waals surface area (Å²) in [6.07, 6.45) is 1.38. The smallest absolute Gasteiger partial charge is 0.144 e. The molecule has 0 spiro atoms. The molecule has 2 rings (SSSR count). The van der Waals surface area contributed by atoms with E-state index in [1.807, 2.05) is 13.8 Å². The normalized spacial score (nSPS) is 11.1. The molecule has 20 heavy (non-hydrogen) atoms. The van der Waals surface area contributed by atoms with Gasteiger partial charge in [0, 0.05) is 18.5 Å². The highest BCUT2D eigenvalue weighted by Crippen LogP contribution is 2.12. The Kier molecular flexibility index (Phi) is 4.22. The van der Waals surface area contributed by atoms with E-state index in [-0.39, 0.29) is 30.2 Å². The number of ketones is 1. The summed E-state index contributed by atoms with van der Waals surface area (Å²) in [6, 6.07) is 3.31. The highest BCUT2D eigenvalue weighted by Gasteiger charge is 2.14. The van der Waals surface area contributed by atoms with Crippen molar-refractivity contribution in [2.45, 2.75) is 32.7 Å². The van der Waals surface area contributed by atoms with Crippen LogP contribution < -0.4 is 0 Å². The molecule has 0 saturated heterocycles. The molecule has 0 fully saturated rings. The predicted molar refractivity (Wildman–Crippen MR) is 69.2 cm³/mol. The number of rotatable bonds is 5. The fraction of sp³-hybridized carbons (Fsp3) is 0.357. The minimum absolute atomic E-state index is 0.0784. The van der Waals surface area contributed by atoms with E-state index in [1.165, 1.54) is 12.4 Å². The summed E-state index contributed by atoms with van der Waals surface area (Å²) >= 11 is 0. The standard InChI is InChI=1S/C14H15F2N3O/c1-9(2)19-14(17-8-18-19)7-12(20)5-10-3-4-11(15)6-13(10)16/h3-4,6,8-9H,5,7H2,1-2H3. The molecule has 1 aromatic heterocycles. The Morgan fingerprint density at radius 3 is 2.70 bits per heavy atom. The molecule has 0 atom stereocenters. The van der Waals surface area contributed by atoms with Crippen LogP contribution in [0.5, 0.6) is 0 Å². The van der Waals surface area contributed by atoms with Crippen molar-refractivity contribution in [3.8, 4) is 0 Å². The van der Waals surface area contributed by atoms with Crippen molar-refractivity contribution in [3.63, 3.8) is 0 Å². The number of hydrogen-bond donors (Lipinski definition) is 0. The van der Waals surface area contributed by atoms with E-state index in [0.717, 1.165) is 12.1 Å². The third-order valence-electron chi connectivity index (χ3n) is 2.89. The van der Waals surface area contributed by atoms with Crippen LogP contribution in [0.15, 0.2) is 24.5 Å². The third kappa shape index (κ3) is 3.26. The second-order valence-corrected chi connectivity index (χ2v) is 4.84. The molecule has 2 aromatic rings. The number of aromatic nitrogens is 3. The molecule has 106 valence electrons. The summed E-state index contributed by atoms with van der Waals surface area (Å²) in [7, 11) is 0. The van der Waals surface area contributed by atoms with Gasteiger partial charge < -0.3 is 0 Å². The minimum atomic E-state index is -0.705. The molecule has 0 N–H and O–H groups in total. The van der Waals surface area contributed by atoms with Crippen LogP contribution in [0.2, 0.25) is 0 Å². The van der Waals surface area contributed by atoms with Gasteiger partial charge in [-0.2, -0.15) is 5.10 Å². The first-order valence-electron chi connectivity index (χ1n) is 6.31. The van der Waals surface area contributed by atoms with Gasteiger partial charge in [-0.05, 0) is 25.5 Å². The van der Waals surface area contributed by atoms with Gasteiger partial charge in [-0.25, -0.2) is 18.4 Å². The largest absolute Gasteiger partial charge is 0.299 e. The molecule has 0 amide bonds. The van der Waals surface area contributed by atoms with E-state index in [0.29, 0.717) is 5.82 Å². The van der Waals surface area contributed by atoms with Crippen molar-refractivity contribution in [2.75, 3.05) is 0 Å². The Morgan fingerprint density at radius 2 is 2.05 bits per heavy atom. The van der Waals surface area contributed by atoms with Gasteiger partial charge in [-0.1, -0.05) is 6.07 Å². The number of hydrogen-bond acceptors (Lipinski definition) is 3. The van der Waals surface area contributed by atoms with E-state index < -0.39 is 11.6 Å². The van der Waals surface area contributed by atoms with Crippen LogP contribution in [0.4, 0.5) is 8.78 Å². The van der Waals surface area contributed by atoms with E-state index in [4.69, 9.17) is 0 Å². The van der Waals surface area contributed by atoms with E-state index in [9.17, 15) is 13.6 Å². The first kappa shape index (κ1) is 14.3. The quantitative estimate of drug-likeness (QED) is 0.844. The van der Waals surface area contributed by atoms with Gasteiger partial charge in [-0.15, -0.1) is 0 Å². The van der Waals surface area contributed by atoms with Gasteiger partial charge in [0.2, 0.25) is 0 Å². The van der Waals surface area contributed by atoms with Crippen LogP contribution in [-0.4, -0.2) is 20.5 Å². The van der Waals surface area contributed by atoms with Crippen molar-refractivity contribution < 1.29 is 13.6 Å². The number of Topliss-reactive ketones (excluding diaryl/α,β-unsaturated/α-hetero) is 1. The SMILES string of the molecule is CC(C)n1ncnc1CC(=O)Cc1ccc(F)cc1F. The zero-order chi connectivity index (χ0) is 14.7. The molecular formula is C14H15F2N3O. The first-order valence-corrected chi connectivity index (χ1v) is 6.31. The summed E-state index contributed by atoms with van der Waals surface area (Å²) in [4.78, 5) is 16.0. The van der Waals surface area contributed by atoms with Crippen molar-refractivity contribution in [3.05, 3.63) is 47.5 Å². The number of benzene rings is 1. The Balaban J connectivity index is 2.07. The maximum atomic E-state index is 13.5. The zero-order valence-corrected chi connectivity index (χ0v) is 11.3. The van der Waals surface area contributed by atoms with Crippen LogP contribution >= 0.6 is 0 Å². The average Bonchev–Trinajstić information content (AvgIpc) is 2.81. The van der Waals surface area contributed by atoms with Crippen LogP contribution in [0, 0.1) is 11.6 Å². The van der Waals surface area contributed by atoms with Gasteiger partial charge in [0.05, 0.1) is 6.42 Å². The molecule has 0 aliphatic rings.